The molecule has 6 heteroatoms. The van der Waals surface area contributed by atoms with Crippen molar-refractivity contribution in [2.24, 2.45) is 0 Å². The summed E-state index contributed by atoms with van der Waals surface area (Å²) in [7, 11) is 1.59. The normalized spacial score (nSPS) is 10.7. The van der Waals surface area contributed by atoms with Crippen LogP contribution in [0.3, 0.4) is 0 Å². The van der Waals surface area contributed by atoms with Crippen LogP contribution in [-0.2, 0) is 20.8 Å². The molecule has 20 heavy (non-hydrogen) atoms. The number of methoxy groups -OCH3 is 1. The molecule has 0 radical (unpaired) electrons. The van der Waals surface area contributed by atoms with E-state index in [0.29, 0.717) is 19.8 Å². The summed E-state index contributed by atoms with van der Waals surface area (Å²) < 4.78 is 16.7. The van der Waals surface area contributed by atoms with Crippen LogP contribution in [0.5, 0.6) is 5.75 Å². The standard InChI is InChI=1S/C14H20BrNO4/c1-4-19-14(20-5-2)13(17)16-9-10-8-11(15)6-7-12(10)18-3/h6-8,14H,4-5,9H2,1-3H3,(H,16,17). The maximum Gasteiger partial charge on any atom is 0.277 e. The molecule has 0 heterocycles. The third-order valence-electron chi connectivity index (χ3n) is 2.55. The van der Waals surface area contributed by atoms with E-state index in [2.05, 4.69) is 21.2 Å². The number of rotatable bonds is 8. The van der Waals surface area contributed by atoms with Gasteiger partial charge in [0.15, 0.2) is 0 Å². The molecule has 0 saturated heterocycles. The van der Waals surface area contributed by atoms with Crippen LogP contribution >= 0.6 is 15.9 Å². The third-order valence-corrected chi connectivity index (χ3v) is 3.04. The summed E-state index contributed by atoms with van der Waals surface area (Å²) in [6.45, 7) is 4.81. The highest BCUT2D eigenvalue weighted by Gasteiger charge is 2.18. The Labute approximate surface area is 127 Å². The molecule has 0 atom stereocenters. The van der Waals surface area contributed by atoms with Crippen molar-refractivity contribution in [1.82, 2.24) is 5.32 Å². The van der Waals surface area contributed by atoms with Crippen molar-refractivity contribution < 1.29 is 19.0 Å². The van der Waals surface area contributed by atoms with Crippen LogP contribution in [0.2, 0.25) is 0 Å². The molecule has 0 saturated carbocycles. The first-order valence-electron chi connectivity index (χ1n) is 6.45. The lowest BCUT2D eigenvalue weighted by atomic mass is 10.2. The minimum absolute atomic E-state index is 0.296. The summed E-state index contributed by atoms with van der Waals surface area (Å²) in [5.41, 5.74) is 0.877. The number of halogens is 1. The van der Waals surface area contributed by atoms with Crippen LogP contribution in [0.25, 0.3) is 0 Å². The first-order valence-corrected chi connectivity index (χ1v) is 7.25. The molecule has 0 fully saturated rings. The smallest absolute Gasteiger partial charge is 0.277 e. The zero-order chi connectivity index (χ0) is 15.0. The monoisotopic (exact) mass is 345 g/mol. The van der Waals surface area contributed by atoms with Gasteiger partial charge in [0, 0.05) is 29.8 Å². The van der Waals surface area contributed by atoms with Crippen LogP contribution in [0.15, 0.2) is 22.7 Å². The fraction of sp³-hybridized carbons (Fsp3) is 0.500. The van der Waals surface area contributed by atoms with E-state index in [1.165, 1.54) is 0 Å². The Hall–Kier alpha value is -1.11. The minimum atomic E-state index is -0.872. The zero-order valence-electron chi connectivity index (χ0n) is 11.9. The first-order chi connectivity index (χ1) is 9.62. The second kappa shape index (κ2) is 8.94. The average Bonchev–Trinajstić information content (AvgIpc) is 2.44. The molecule has 0 unspecified atom stereocenters. The summed E-state index contributed by atoms with van der Waals surface area (Å²) in [5.74, 6) is 0.425. The second-order valence-corrected chi connectivity index (χ2v) is 4.83. The van der Waals surface area contributed by atoms with E-state index in [1.807, 2.05) is 32.0 Å². The molecule has 1 N–H and O–H groups in total. The highest BCUT2D eigenvalue weighted by molar-refractivity contribution is 9.10. The van der Waals surface area contributed by atoms with Gasteiger partial charge >= 0.3 is 0 Å². The Bertz CT molecular complexity index is 433. The summed E-state index contributed by atoms with van der Waals surface area (Å²) in [6.07, 6.45) is -0.872. The van der Waals surface area contributed by atoms with Gasteiger partial charge in [0.1, 0.15) is 5.75 Å². The van der Waals surface area contributed by atoms with Gasteiger partial charge < -0.3 is 19.5 Å². The van der Waals surface area contributed by atoms with Crippen LogP contribution in [0, 0.1) is 0 Å². The van der Waals surface area contributed by atoms with Crippen LogP contribution < -0.4 is 10.1 Å². The van der Waals surface area contributed by atoms with Crippen molar-refractivity contribution >= 4 is 21.8 Å². The third kappa shape index (κ3) is 5.11. The maximum absolute atomic E-state index is 12.0. The molecule has 0 aliphatic rings. The minimum Gasteiger partial charge on any atom is -0.496 e. The van der Waals surface area contributed by atoms with E-state index in [4.69, 9.17) is 14.2 Å². The van der Waals surface area contributed by atoms with Gasteiger partial charge in [-0.25, -0.2) is 0 Å². The number of hydrogen-bond donors (Lipinski definition) is 1. The molecular formula is C14H20BrNO4. The van der Waals surface area contributed by atoms with E-state index < -0.39 is 6.29 Å². The van der Waals surface area contributed by atoms with Crippen LogP contribution in [0.1, 0.15) is 19.4 Å². The van der Waals surface area contributed by atoms with Crippen LogP contribution in [0.4, 0.5) is 0 Å². The number of carbonyl (C=O) groups is 1. The lowest BCUT2D eigenvalue weighted by molar-refractivity contribution is -0.170. The molecule has 0 aliphatic heterocycles. The Kier molecular flexibility index (Phi) is 7.58. The molecule has 0 aromatic heterocycles. The molecule has 0 bridgehead atoms. The van der Waals surface area contributed by atoms with Gasteiger partial charge in [-0.1, -0.05) is 15.9 Å². The van der Waals surface area contributed by atoms with E-state index in [1.54, 1.807) is 7.11 Å². The van der Waals surface area contributed by atoms with Gasteiger partial charge in [-0.2, -0.15) is 0 Å². The number of carbonyl (C=O) groups excluding carboxylic acids is 1. The Morgan fingerprint density at radius 1 is 1.30 bits per heavy atom. The quantitative estimate of drug-likeness (QED) is 0.735. The average molecular weight is 346 g/mol. The first kappa shape index (κ1) is 16.9. The van der Waals surface area contributed by atoms with Crippen molar-refractivity contribution in [2.75, 3.05) is 20.3 Å². The number of benzene rings is 1. The van der Waals surface area contributed by atoms with Crippen molar-refractivity contribution in [3.63, 3.8) is 0 Å². The van der Waals surface area contributed by atoms with E-state index in [0.717, 1.165) is 15.8 Å². The predicted molar refractivity (Wildman–Crippen MR) is 79.6 cm³/mol. The van der Waals surface area contributed by atoms with Gasteiger partial charge in [-0.15, -0.1) is 0 Å². The van der Waals surface area contributed by atoms with Crippen molar-refractivity contribution in [3.8, 4) is 5.75 Å². The van der Waals surface area contributed by atoms with Gasteiger partial charge in [0.05, 0.1) is 7.11 Å². The van der Waals surface area contributed by atoms with Crippen LogP contribution in [-0.4, -0.2) is 32.5 Å². The summed E-state index contributed by atoms with van der Waals surface area (Å²) in [5, 5.41) is 2.78. The molecule has 0 spiro atoms. The molecule has 112 valence electrons. The van der Waals surface area contributed by atoms with Crippen molar-refractivity contribution in [3.05, 3.63) is 28.2 Å². The molecule has 1 aromatic carbocycles. The SMILES string of the molecule is CCOC(OCC)C(=O)NCc1cc(Br)ccc1OC. The Balaban J connectivity index is 2.65. The van der Waals surface area contributed by atoms with E-state index >= 15 is 0 Å². The number of nitrogens with one attached hydrogen (secondary N) is 1. The molecule has 1 aromatic rings. The summed E-state index contributed by atoms with van der Waals surface area (Å²) >= 11 is 3.39. The maximum atomic E-state index is 12.0. The van der Waals surface area contributed by atoms with Crippen molar-refractivity contribution in [2.45, 2.75) is 26.7 Å². The van der Waals surface area contributed by atoms with Gasteiger partial charge in [-0.3, -0.25) is 4.79 Å². The molecular weight excluding hydrogens is 326 g/mol. The van der Waals surface area contributed by atoms with Gasteiger partial charge in [0.2, 0.25) is 6.29 Å². The molecule has 1 rings (SSSR count). The number of hydrogen-bond acceptors (Lipinski definition) is 4. The lowest BCUT2D eigenvalue weighted by Crippen LogP contribution is -2.38. The van der Waals surface area contributed by atoms with Gasteiger partial charge in [0.25, 0.3) is 5.91 Å². The molecule has 5 nitrogen and oxygen atoms in total. The second-order valence-electron chi connectivity index (χ2n) is 3.92. The lowest BCUT2D eigenvalue weighted by Gasteiger charge is -2.17. The van der Waals surface area contributed by atoms with E-state index in [9.17, 15) is 4.79 Å². The largest absolute Gasteiger partial charge is 0.496 e. The predicted octanol–water partition coefficient (Wildman–Crippen LogP) is 2.47. The van der Waals surface area contributed by atoms with E-state index in [-0.39, 0.29) is 5.91 Å². The summed E-state index contributed by atoms with van der Waals surface area (Å²) in [4.78, 5) is 12.0. The fourth-order valence-corrected chi connectivity index (χ4v) is 2.06. The Morgan fingerprint density at radius 2 is 1.95 bits per heavy atom. The topological polar surface area (TPSA) is 56.8 Å². The number of amides is 1. The fourth-order valence-electron chi connectivity index (χ4n) is 1.65. The highest BCUT2D eigenvalue weighted by atomic mass is 79.9. The molecule has 1 amide bonds. The highest BCUT2D eigenvalue weighted by Crippen LogP contribution is 2.22. The number of ether oxygens (including phenoxy) is 3. The molecule has 0 aliphatic carbocycles. The zero-order valence-corrected chi connectivity index (χ0v) is 13.5. The van der Waals surface area contributed by atoms with Gasteiger partial charge in [-0.05, 0) is 32.0 Å². The van der Waals surface area contributed by atoms with Crippen molar-refractivity contribution in [1.29, 1.82) is 0 Å². The summed E-state index contributed by atoms with van der Waals surface area (Å²) in [6, 6.07) is 5.62. The Morgan fingerprint density at radius 3 is 2.50 bits per heavy atom.